The van der Waals surface area contributed by atoms with Crippen molar-refractivity contribution >= 4 is 21.8 Å². The highest BCUT2D eigenvalue weighted by molar-refractivity contribution is 9.10. The zero-order chi connectivity index (χ0) is 14.7. The Labute approximate surface area is 127 Å². The minimum Gasteiger partial charge on any atom is -0.349 e. The summed E-state index contributed by atoms with van der Waals surface area (Å²) in [6.07, 6.45) is 1.89. The molecule has 0 atom stereocenters. The third-order valence-electron chi connectivity index (χ3n) is 3.78. The van der Waals surface area contributed by atoms with Crippen LogP contribution in [0.1, 0.15) is 37.0 Å². The van der Waals surface area contributed by atoms with Crippen LogP contribution in [0.5, 0.6) is 0 Å². The van der Waals surface area contributed by atoms with E-state index in [2.05, 4.69) is 40.0 Å². The summed E-state index contributed by atoms with van der Waals surface area (Å²) < 4.78 is 13.8. The molecule has 2 rings (SSSR count). The number of hydrogen-bond donors (Lipinski definition) is 1. The summed E-state index contributed by atoms with van der Waals surface area (Å²) >= 11 is 3.08. The van der Waals surface area contributed by atoms with Crippen molar-refractivity contribution in [1.29, 1.82) is 0 Å². The molecule has 0 unspecified atom stereocenters. The van der Waals surface area contributed by atoms with Gasteiger partial charge in [0.2, 0.25) is 0 Å². The first-order chi connectivity index (χ1) is 9.47. The first-order valence-electron chi connectivity index (χ1n) is 6.97. The van der Waals surface area contributed by atoms with Gasteiger partial charge in [0.05, 0.1) is 4.47 Å². The molecule has 1 heterocycles. The average molecular weight is 343 g/mol. The van der Waals surface area contributed by atoms with Gasteiger partial charge in [-0.1, -0.05) is 0 Å². The Morgan fingerprint density at radius 1 is 1.40 bits per heavy atom. The van der Waals surface area contributed by atoms with Crippen LogP contribution >= 0.6 is 15.9 Å². The second-order valence-corrected chi connectivity index (χ2v) is 6.36. The van der Waals surface area contributed by atoms with Crippen LogP contribution in [0.25, 0.3) is 0 Å². The number of nitrogens with one attached hydrogen (secondary N) is 1. The molecule has 1 aliphatic rings. The molecule has 1 aromatic carbocycles. The highest BCUT2D eigenvalue weighted by Gasteiger charge is 2.22. The zero-order valence-corrected chi connectivity index (χ0v) is 13.4. The molecule has 110 valence electrons. The smallest absolute Gasteiger partial charge is 0.251 e. The summed E-state index contributed by atoms with van der Waals surface area (Å²) in [5, 5.41) is 2.99. The summed E-state index contributed by atoms with van der Waals surface area (Å²) in [6, 6.07) is 5.19. The van der Waals surface area contributed by atoms with Crippen LogP contribution in [0.15, 0.2) is 22.7 Å². The lowest BCUT2D eigenvalue weighted by atomic mass is 10.0. The van der Waals surface area contributed by atoms with Crippen molar-refractivity contribution < 1.29 is 9.18 Å². The Bertz CT molecular complexity index is 485. The summed E-state index contributed by atoms with van der Waals surface area (Å²) in [5.74, 6) is -0.605. The standard InChI is InChI=1S/C15H20BrFN2O/c1-10(2)19-7-5-12(6-8-19)18-15(20)11-3-4-13(16)14(17)9-11/h3-4,9-10,12H,5-8H2,1-2H3,(H,18,20). The van der Waals surface area contributed by atoms with Crippen LogP contribution < -0.4 is 5.32 Å². The predicted molar refractivity (Wildman–Crippen MR) is 81.3 cm³/mol. The summed E-state index contributed by atoms with van der Waals surface area (Å²) in [6.45, 7) is 6.36. The fourth-order valence-electron chi connectivity index (χ4n) is 2.47. The van der Waals surface area contributed by atoms with Crippen molar-refractivity contribution in [3.05, 3.63) is 34.1 Å². The van der Waals surface area contributed by atoms with Gasteiger partial charge in [0, 0.05) is 30.7 Å². The summed E-state index contributed by atoms with van der Waals surface area (Å²) in [4.78, 5) is 14.5. The minimum atomic E-state index is -0.410. The molecule has 0 radical (unpaired) electrons. The van der Waals surface area contributed by atoms with E-state index in [0.717, 1.165) is 25.9 Å². The van der Waals surface area contributed by atoms with Gasteiger partial charge in [-0.2, -0.15) is 0 Å². The van der Waals surface area contributed by atoms with Crippen LogP contribution in [0, 0.1) is 5.82 Å². The average Bonchev–Trinajstić information content (AvgIpc) is 2.42. The number of halogens is 2. The van der Waals surface area contributed by atoms with E-state index in [9.17, 15) is 9.18 Å². The molecule has 1 aromatic rings. The van der Waals surface area contributed by atoms with Crippen molar-refractivity contribution in [3.8, 4) is 0 Å². The lowest BCUT2D eigenvalue weighted by Crippen LogP contribution is -2.46. The quantitative estimate of drug-likeness (QED) is 0.914. The molecule has 0 aliphatic carbocycles. The largest absolute Gasteiger partial charge is 0.349 e. The molecule has 1 amide bonds. The molecule has 0 aromatic heterocycles. The van der Waals surface area contributed by atoms with Gasteiger partial charge >= 0.3 is 0 Å². The van der Waals surface area contributed by atoms with Gasteiger partial charge in [-0.3, -0.25) is 4.79 Å². The molecular formula is C15H20BrFN2O. The Kier molecular flexibility index (Phi) is 5.16. The van der Waals surface area contributed by atoms with E-state index in [1.807, 2.05) is 0 Å². The molecule has 1 aliphatic heterocycles. The fourth-order valence-corrected chi connectivity index (χ4v) is 2.71. The molecular weight excluding hydrogens is 323 g/mol. The van der Waals surface area contributed by atoms with Crippen LogP contribution in [-0.2, 0) is 0 Å². The van der Waals surface area contributed by atoms with Crippen LogP contribution in [0.2, 0.25) is 0 Å². The summed E-state index contributed by atoms with van der Waals surface area (Å²) in [7, 11) is 0. The molecule has 5 heteroatoms. The van der Waals surface area contributed by atoms with E-state index in [1.54, 1.807) is 12.1 Å². The Morgan fingerprint density at radius 3 is 2.60 bits per heavy atom. The lowest BCUT2D eigenvalue weighted by Gasteiger charge is -2.34. The minimum absolute atomic E-state index is 0.184. The second kappa shape index (κ2) is 6.68. The number of amides is 1. The Hall–Kier alpha value is -0.940. The molecule has 1 saturated heterocycles. The molecule has 1 fully saturated rings. The molecule has 20 heavy (non-hydrogen) atoms. The van der Waals surface area contributed by atoms with Gasteiger partial charge in [0.25, 0.3) is 5.91 Å². The number of benzene rings is 1. The predicted octanol–water partition coefficient (Wildman–Crippen LogP) is 3.19. The first kappa shape index (κ1) is 15.4. The van der Waals surface area contributed by atoms with Crippen LogP contribution in [0.4, 0.5) is 4.39 Å². The fraction of sp³-hybridized carbons (Fsp3) is 0.533. The summed E-state index contributed by atoms with van der Waals surface area (Å²) in [5.41, 5.74) is 0.372. The third-order valence-corrected chi connectivity index (χ3v) is 4.42. The van der Waals surface area contributed by atoms with Crippen molar-refractivity contribution in [3.63, 3.8) is 0 Å². The highest BCUT2D eigenvalue weighted by atomic mass is 79.9. The molecule has 0 spiro atoms. The van der Waals surface area contributed by atoms with Crippen molar-refractivity contribution in [2.75, 3.05) is 13.1 Å². The van der Waals surface area contributed by atoms with Gasteiger partial charge in [-0.05, 0) is 60.8 Å². The molecule has 3 nitrogen and oxygen atoms in total. The van der Waals surface area contributed by atoms with Crippen LogP contribution in [-0.4, -0.2) is 36.0 Å². The molecule has 1 N–H and O–H groups in total. The number of nitrogens with zero attached hydrogens (tertiary/aromatic N) is 1. The van der Waals surface area contributed by atoms with Gasteiger partial charge in [-0.15, -0.1) is 0 Å². The SMILES string of the molecule is CC(C)N1CCC(NC(=O)c2ccc(Br)c(F)c2)CC1. The van der Waals surface area contributed by atoms with E-state index in [4.69, 9.17) is 0 Å². The van der Waals surface area contributed by atoms with Gasteiger partial charge in [-0.25, -0.2) is 4.39 Å². The monoisotopic (exact) mass is 342 g/mol. The second-order valence-electron chi connectivity index (χ2n) is 5.51. The number of rotatable bonds is 3. The normalized spacial score (nSPS) is 17.4. The number of likely N-dealkylation sites (tertiary alicyclic amines) is 1. The maximum absolute atomic E-state index is 13.4. The van der Waals surface area contributed by atoms with Crippen molar-refractivity contribution in [2.24, 2.45) is 0 Å². The van der Waals surface area contributed by atoms with Gasteiger partial charge < -0.3 is 10.2 Å². The number of carbonyl (C=O) groups excluding carboxylic acids is 1. The number of carbonyl (C=O) groups is 1. The Morgan fingerprint density at radius 2 is 2.05 bits per heavy atom. The number of piperidine rings is 1. The highest BCUT2D eigenvalue weighted by Crippen LogP contribution is 2.17. The van der Waals surface area contributed by atoms with E-state index < -0.39 is 5.82 Å². The third kappa shape index (κ3) is 3.79. The van der Waals surface area contributed by atoms with Crippen molar-refractivity contribution in [2.45, 2.75) is 38.8 Å². The molecule has 0 saturated carbocycles. The number of hydrogen-bond acceptors (Lipinski definition) is 2. The topological polar surface area (TPSA) is 32.3 Å². The maximum atomic E-state index is 13.4. The van der Waals surface area contributed by atoms with Gasteiger partial charge in [0.15, 0.2) is 0 Å². The first-order valence-corrected chi connectivity index (χ1v) is 7.76. The zero-order valence-electron chi connectivity index (χ0n) is 11.8. The van der Waals surface area contributed by atoms with E-state index in [-0.39, 0.29) is 11.9 Å². The van der Waals surface area contributed by atoms with E-state index in [0.29, 0.717) is 16.1 Å². The lowest BCUT2D eigenvalue weighted by molar-refractivity contribution is 0.0900. The van der Waals surface area contributed by atoms with E-state index >= 15 is 0 Å². The Balaban J connectivity index is 1.91. The van der Waals surface area contributed by atoms with Crippen LogP contribution in [0.3, 0.4) is 0 Å². The maximum Gasteiger partial charge on any atom is 0.251 e. The van der Waals surface area contributed by atoms with Crippen molar-refractivity contribution in [1.82, 2.24) is 10.2 Å². The van der Waals surface area contributed by atoms with Gasteiger partial charge in [0.1, 0.15) is 5.82 Å². The van der Waals surface area contributed by atoms with E-state index in [1.165, 1.54) is 6.07 Å². The molecule has 0 bridgehead atoms.